The van der Waals surface area contributed by atoms with E-state index in [2.05, 4.69) is 10.3 Å². The van der Waals surface area contributed by atoms with Crippen molar-refractivity contribution in [3.63, 3.8) is 0 Å². The molecule has 0 saturated carbocycles. The second-order valence-electron chi connectivity index (χ2n) is 3.73. The van der Waals surface area contributed by atoms with E-state index in [9.17, 15) is 10.1 Å². The second-order valence-corrected chi connectivity index (χ2v) is 4.70. The monoisotopic (exact) mass is 279 g/mol. The lowest BCUT2D eigenvalue weighted by Crippen LogP contribution is -2.00. The molecule has 6 nitrogen and oxygen atoms in total. The molecule has 1 heterocycles. The van der Waals surface area contributed by atoms with E-state index in [-0.39, 0.29) is 5.69 Å². The van der Waals surface area contributed by atoms with Crippen molar-refractivity contribution in [3.8, 4) is 5.75 Å². The molecule has 100 valence electrons. The third kappa shape index (κ3) is 3.65. The van der Waals surface area contributed by atoms with Gasteiger partial charge in [0.05, 0.1) is 29.7 Å². The van der Waals surface area contributed by atoms with Gasteiger partial charge >= 0.3 is 0 Å². The normalized spacial score (nSPS) is 10.2. The first-order chi connectivity index (χ1) is 9.19. The molecule has 0 aliphatic rings. The number of hydrogen-bond donors (Lipinski definition) is 1. The van der Waals surface area contributed by atoms with Crippen LogP contribution in [-0.4, -0.2) is 16.5 Å². The first-order valence-electron chi connectivity index (χ1n) is 5.72. The Kier molecular flexibility index (Phi) is 4.30. The number of nitrogens with one attached hydrogen (secondary N) is 1. The summed E-state index contributed by atoms with van der Waals surface area (Å²) in [7, 11) is 0. The predicted molar refractivity (Wildman–Crippen MR) is 73.7 cm³/mol. The molecule has 0 radical (unpaired) electrons. The SMILES string of the molecule is CCOc1cc(NCc2cncs2)cc([N+](=O)[O-])c1. The van der Waals surface area contributed by atoms with Crippen LogP contribution in [0.25, 0.3) is 0 Å². The number of thiazole rings is 1. The minimum absolute atomic E-state index is 0.0118. The van der Waals surface area contributed by atoms with Crippen molar-refractivity contribution in [2.75, 3.05) is 11.9 Å². The van der Waals surface area contributed by atoms with Gasteiger partial charge in [0.15, 0.2) is 0 Å². The lowest BCUT2D eigenvalue weighted by Gasteiger charge is -2.08. The number of rotatable bonds is 6. The molecule has 0 atom stereocenters. The summed E-state index contributed by atoms with van der Waals surface area (Å²) >= 11 is 1.53. The number of anilines is 1. The topological polar surface area (TPSA) is 77.3 Å². The first kappa shape index (κ1) is 13.3. The lowest BCUT2D eigenvalue weighted by molar-refractivity contribution is -0.384. The van der Waals surface area contributed by atoms with E-state index < -0.39 is 4.92 Å². The Morgan fingerprint density at radius 3 is 2.95 bits per heavy atom. The summed E-state index contributed by atoms with van der Waals surface area (Å²) in [5, 5.41) is 14.0. The van der Waals surface area contributed by atoms with Crippen molar-refractivity contribution in [1.82, 2.24) is 4.98 Å². The fourth-order valence-electron chi connectivity index (χ4n) is 1.56. The summed E-state index contributed by atoms with van der Waals surface area (Å²) in [5.74, 6) is 0.489. The highest BCUT2D eigenvalue weighted by atomic mass is 32.1. The highest BCUT2D eigenvalue weighted by Crippen LogP contribution is 2.26. The van der Waals surface area contributed by atoms with Crippen molar-refractivity contribution in [1.29, 1.82) is 0 Å². The Morgan fingerprint density at radius 2 is 2.32 bits per heavy atom. The molecule has 0 unspecified atom stereocenters. The molecule has 1 aromatic carbocycles. The van der Waals surface area contributed by atoms with Gasteiger partial charge in [-0.2, -0.15) is 0 Å². The molecule has 0 saturated heterocycles. The van der Waals surface area contributed by atoms with E-state index in [1.807, 2.05) is 6.92 Å². The van der Waals surface area contributed by atoms with Crippen molar-refractivity contribution < 1.29 is 9.66 Å². The van der Waals surface area contributed by atoms with Gasteiger partial charge in [-0.15, -0.1) is 11.3 Å². The van der Waals surface area contributed by atoms with Crippen LogP contribution in [0.15, 0.2) is 29.9 Å². The lowest BCUT2D eigenvalue weighted by atomic mass is 10.2. The number of nitro groups is 1. The molecular formula is C12H13N3O3S. The molecule has 2 rings (SSSR count). The maximum absolute atomic E-state index is 10.9. The van der Waals surface area contributed by atoms with E-state index in [0.717, 1.165) is 4.88 Å². The summed E-state index contributed by atoms with van der Waals surface area (Å²) in [5.41, 5.74) is 2.42. The van der Waals surface area contributed by atoms with Crippen LogP contribution < -0.4 is 10.1 Å². The maximum atomic E-state index is 10.9. The summed E-state index contributed by atoms with van der Waals surface area (Å²) in [6.45, 7) is 2.89. The number of benzene rings is 1. The molecule has 0 amide bonds. The van der Waals surface area contributed by atoms with Crippen molar-refractivity contribution in [3.05, 3.63) is 44.9 Å². The molecule has 0 aliphatic heterocycles. The van der Waals surface area contributed by atoms with Crippen molar-refractivity contribution in [2.24, 2.45) is 0 Å². The number of non-ortho nitro benzene ring substituents is 1. The van der Waals surface area contributed by atoms with Crippen LogP contribution in [0, 0.1) is 10.1 Å². The molecule has 0 bridgehead atoms. The molecule has 0 aliphatic carbocycles. The molecule has 7 heteroatoms. The third-order valence-electron chi connectivity index (χ3n) is 2.36. The Balaban J connectivity index is 2.16. The van der Waals surface area contributed by atoms with Crippen LogP contribution >= 0.6 is 11.3 Å². The molecule has 2 aromatic rings. The van der Waals surface area contributed by atoms with E-state index in [1.165, 1.54) is 23.5 Å². The van der Waals surface area contributed by atoms with Gasteiger partial charge in [0.1, 0.15) is 5.75 Å². The standard InChI is InChI=1S/C12H13N3O3S/c1-2-18-11-4-9(3-10(5-11)15(16)17)14-7-12-6-13-8-19-12/h3-6,8,14H,2,7H2,1H3. The highest BCUT2D eigenvalue weighted by Gasteiger charge is 2.10. The second kappa shape index (κ2) is 6.14. The van der Waals surface area contributed by atoms with E-state index in [4.69, 9.17) is 4.74 Å². The molecule has 0 fully saturated rings. The largest absolute Gasteiger partial charge is 0.494 e. The minimum atomic E-state index is -0.430. The quantitative estimate of drug-likeness (QED) is 0.649. The van der Waals surface area contributed by atoms with Crippen LogP contribution in [0.5, 0.6) is 5.75 Å². The van der Waals surface area contributed by atoms with Crippen LogP contribution in [-0.2, 0) is 6.54 Å². The number of ether oxygens (including phenoxy) is 1. The number of nitro benzene ring substituents is 1. The predicted octanol–water partition coefficient (Wildman–Crippen LogP) is 3.06. The van der Waals surface area contributed by atoms with Gasteiger partial charge < -0.3 is 10.1 Å². The number of hydrogen-bond acceptors (Lipinski definition) is 6. The Labute approximate surface area is 114 Å². The fraction of sp³-hybridized carbons (Fsp3) is 0.250. The third-order valence-corrected chi connectivity index (χ3v) is 3.14. The average molecular weight is 279 g/mol. The zero-order valence-corrected chi connectivity index (χ0v) is 11.1. The van der Waals surface area contributed by atoms with Gasteiger partial charge in [0.25, 0.3) is 5.69 Å². The molecule has 1 aromatic heterocycles. The van der Waals surface area contributed by atoms with E-state index in [0.29, 0.717) is 24.6 Å². The highest BCUT2D eigenvalue weighted by molar-refractivity contribution is 7.09. The fourth-order valence-corrected chi connectivity index (χ4v) is 2.09. The van der Waals surface area contributed by atoms with Gasteiger partial charge in [-0.3, -0.25) is 15.1 Å². The van der Waals surface area contributed by atoms with Gasteiger partial charge in [-0.05, 0) is 6.92 Å². The zero-order chi connectivity index (χ0) is 13.7. The Morgan fingerprint density at radius 1 is 1.47 bits per heavy atom. The molecule has 0 spiro atoms. The van der Waals surface area contributed by atoms with E-state index >= 15 is 0 Å². The van der Waals surface area contributed by atoms with Crippen molar-refractivity contribution in [2.45, 2.75) is 13.5 Å². The van der Waals surface area contributed by atoms with Crippen LogP contribution in [0.3, 0.4) is 0 Å². The maximum Gasteiger partial charge on any atom is 0.275 e. The number of nitrogens with zero attached hydrogens (tertiary/aromatic N) is 2. The summed E-state index contributed by atoms with van der Waals surface area (Å²) < 4.78 is 5.32. The zero-order valence-electron chi connectivity index (χ0n) is 10.3. The first-order valence-corrected chi connectivity index (χ1v) is 6.60. The van der Waals surface area contributed by atoms with Gasteiger partial charge in [-0.25, -0.2) is 0 Å². The number of aromatic nitrogens is 1. The Bertz CT molecular complexity index is 557. The summed E-state index contributed by atoms with van der Waals surface area (Å²) in [6, 6.07) is 4.66. The van der Waals surface area contributed by atoms with Crippen LogP contribution in [0.4, 0.5) is 11.4 Å². The smallest absolute Gasteiger partial charge is 0.275 e. The van der Waals surface area contributed by atoms with Crippen molar-refractivity contribution >= 4 is 22.7 Å². The van der Waals surface area contributed by atoms with Gasteiger partial charge in [-0.1, -0.05) is 0 Å². The molecule has 19 heavy (non-hydrogen) atoms. The summed E-state index contributed by atoms with van der Waals surface area (Å²) in [6.07, 6.45) is 1.76. The minimum Gasteiger partial charge on any atom is -0.494 e. The van der Waals surface area contributed by atoms with Gasteiger partial charge in [0, 0.05) is 28.9 Å². The van der Waals surface area contributed by atoms with Crippen LogP contribution in [0.2, 0.25) is 0 Å². The van der Waals surface area contributed by atoms with Crippen LogP contribution in [0.1, 0.15) is 11.8 Å². The Hall–Kier alpha value is -2.15. The molecular weight excluding hydrogens is 266 g/mol. The van der Waals surface area contributed by atoms with Gasteiger partial charge in [0.2, 0.25) is 0 Å². The average Bonchev–Trinajstić information content (AvgIpc) is 2.89. The summed E-state index contributed by atoms with van der Waals surface area (Å²) in [4.78, 5) is 15.5. The van der Waals surface area contributed by atoms with E-state index in [1.54, 1.807) is 17.8 Å². The molecule has 1 N–H and O–H groups in total.